The number of carbonyl (C=O) groups excluding carboxylic acids is 2. The van der Waals surface area contributed by atoms with Crippen LogP contribution in [-0.2, 0) is 9.59 Å². The molecule has 1 aliphatic carbocycles. The molecule has 2 aliphatic rings. The zero-order chi connectivity index (χ0) is 22.6. The summed E-state index contributed by atoms with van der Waals surface area (Å²) in [6, 6.07) is 9.53. The number of anilines is 1. The lowest BCUT2D eigenvalue weighted by Crippen LogP contribution is -2.54. The van der Waals surface area contributed by atoms with Gasteiger partial charge >= 0.3 is 0 Å². The first kappa shape index (κ1) is 21.4. The summed E-state index contributed by atoms with van der Waals surface area (Å²) in [7, 11) is 1.41. The maximum absolute atomic E-state index is 13.7. The van der Waals surface area contributed by atoms with E-state index >= 15 is 0 Å². The van der Waals surface area contributed by atoms with Gasteiger partial charge in [-0.3, -0.25) is 9.59 Å². The number of fused-ring (bicyclic) bond motifs is 1. The van der Waals surface area contributed by atoms with Gasteiger partial charge in [-0.2, -0.15) is 0 Å². The highest BCUT2D eigenvalue weighted by atomic mass is 35.5. The van der Waals surface area contributed by atoms with Crippen LogP contribution >= 0.6 is 23.2 Å². The SMILES string of the molecule is C=CC1=CC[C@@]2(Cl)C(=O)N(c3ccc(F)cc3)C(=O)[C@@]2(Cl)[C@H]1c1ccc(OC)c(O)c1. The zero-order valence-corrected chi connectivity index (χ0v) is 18.0. The van der Waals surface area contributed by atoms with Gasteiger partial charge < -0.3 is 9.84 Å². The molecule has 3 atom stereocenters. The molecule has 0 saturated carbocycles. The molecular formula is C23H18Cl2FNO4. The number of phenolic OH excluding ortho intramolecular Hbond substituents is 1. The van der Waals surface area contributed by atoms with Gasteiger partial charge in [0.05, 0.1) is 12.8 Å². The molecule has 1 fully saturated rings. The van der Waals surface area contributed by atoms with E-state index in [1.165, 1.54) is 31.4 Å². The molecular weight excluding hydrogens is 444 g/mol. The third-order valence-corrected chi connectivity index (χ3v) is 7.25. The molecule has 2 aromatic rings. The number of carbonyl (C=O) groups is 2. The van der Waals surface area contributed by atoms with E-state index in [1.54, 1.807) is 18.2 Å². The quantitative estimate of drug-likeness (QED) is 0.530. The minimum absolute atomic E-state index is 0.000311. The van der Waals surface area contributed by atoms with Gasteiger partial charge in [-0.15, -0.1) is 23.2 Å². The maximum atomic E-state index is 13.7. The molecule has 31 heavy (non-hydrogen) atoms. The number of alkyl halides is 2. The Morgan fingerprint density at radius 2 is 1.87 bits per heavy atom. The molecule has 2 amide bonds. The van der Waals surface area contributed by atoms with Gasteiger partial charge in [0.1, 0.15) is 5.82 Å². The van der Waals surface area contributed by atoms with Crippen LogP contribution in [0.15, 0.2) is 66.8 Å². The zero-order valence-electron chi connectivity index (χ0n) is 16.4. The van der Waals surface area contributed by atoms with Crippen molar-refractivity contribution in [3.8, 4) is 11.5 Å². The maximum Gasteiger partial charge on any atom is 0.258 e. The van der Waals surface area contributed by atoms with Crippen molar-refractivity contribution in [3.63, 3.8) is 0 Å². The van der Waals surface area contributed by atoms with Crippen LogP contribution in [0.25, 0.3) is 0 Å². The number of benzene rings is 2. The smallest absolute Gasteiger partial charge is 0.258 e. The number of amides is 2. The first-order valence-electron chi connectivity index (χ1n) is 9.40. The summed E-state index contributed by atoms with van der Waals surface area (Å²) < 4.78 is 18.5. The highest BCUT2D eigenvalue weighted by Crippen LogP contribution is 2.60. The summed E-state index contributed by atoms with van der Waals surface area (Å²) in [5.41, 5.74) is 1.23. The van der Waals surface area contributed by atoms with E-state index in [1.807, 2.05) is 0 Å². The average Bonchev–Trinajstić information content (AvgIpc) is 2.91. The van der Waals surface area contributed by atoms with Crippen molar-refractivity contribution in [1.29, 1.82) is 0 Å². The first-order valence-corrected chi connectivity index (χ1v) is 10.2. The van der Waals surface area contributed by atoms with E-state index < -0.39 is 33.3 Å². The summed E-state index contributed by atoms with van der Waals surface area (Å²) in [6.07, 6.45) is 3.26. The molecule has 1 saturated heterocycles. The Kier molecular flexibility index (Phi) is 5.10. The molecule has 0 unspecified atom stereocenters. The van der Waals surface area contributed by atoms with Crippen molar-refractivity contribution in [1.82, 2.24) is 0 Å². The fourth-order valence-corrected chi connectivity index (χ4v) is 5.13. The molecule has 2 aromatic carbocycles. The number of hydrogen-bond donors (Lipinski definition) is 1. The largest absolute Gasteiger partial charge is 0.504 e. The second-order valence-corrected chi connectivity index (χ2v) is 8.65. The molecule has 0 radical (unpaired) electrons. The van der Waals surface area contributed by atoms with Gasteiger partial charge in [0, 0.05) is 5.92 Å². The fraction of sp³-hybridized carbons (Fsp3) is 0.217. The number of nitrogens with zero attached hydrogens (tertiary/aromatic N) is 1. The van der Waals surface area contributed by atoms with Crippen LogP contribution in [0, 0.1) is 5.82 Å². The van der Waals surface area contributed by atoms with Crippen molar-refractivity contribution in [2.45, 2.75) is 22.1 Å². The molecule has 0 aromatic heterocycles. The van der Waals surface area contributed by atoms with Crippen LogP contribution in [-0.4, -0.2) is 33.8 Å². The molecule has 5 nitrogen and oxygen atoms in total. The number of aromatic hydroxyl groups is 1. The predicted molar refractivity (Wildman–Crippen MR) is 116 cm³/mol. The van der Waals surface area contributed by atoms with E-state index in [2.05, 4.69) is 6.58 Å². The second kappa shape index (κ2) is 7.39. The number of ether oxygens (including phenoxy) is 1. The van der Waals surface area contributed by atoms with Gasteiger partial charge in [-0.05, 0) is 54.0 Å². The van der Waals surface area contributed by atoms with E-state index in [4.69, 9.17) is 27.9 Å². The van der Waals surface area contributed by atoms with Crippen LogP contribution in [0.4, 0.5) is 10.1 Å². The van der Waals surface area contributed by atoms with Crippen LogP contribution < -0.4 is 9.64 Å². The Balaban J connectivity index is 1.91. The van der Waals surface area contributed by atoms with E-state index in [-0.39, 0.29) is 23.6 Å². The highest BCUT2D eigenvalue weighted by molar-refractivity contribution is 6.58. The van der Waals surface area contributed by atoms with Crippen LogP contribution in [0.2, 0.25) is 0 Å². The van der Waals surface area contributed by atoms with E-state index in [0.717, 1.165) is 17.0 Å². The number of allylic oxidation sites excluding steroid dienone is 3. The number of halogens is 3. The summed E-state index contributed by atoms with van der Waals surface area (Å²) in [5, 5.41) is 10.3. The molecule has 0 bridgehead atoms. The molecule has 0 spiro atoms. The van der Waals surface area contributed by atoms with E-state index in [9.17, 15) is 19.1 Å². The van der Waals surface area contributed by atoms with Crippen molar-refractivity contribution in [2.24, 2.45) is 0 Å². The van der Waals surface area contributed by atoms with Gasteiger partial charge in [-0.1, -0.05) is 24.8 Å². The van der Waals surface area contributed by atoms with Crippen molar-refractivity contribution in [2.75, 3.05) is 12.0 Å². The molecule has 160 valence electrons. The number of imide groups is 1. The standard InChI is InChI=1S/C23H18Cl2FNO4/c1-3-13-10-11-22(24)20(29)27(16-7-5-15(26)6-8-16)21(30)23(22,25)19(13)14-4-9-18(31-2)17(28)12-14/h3-10,12,19,28H,1,11H2,2H3/t19-,22-,23+/m1/s1. The van der Waals surface area contributed by atoms with Gasteiger partial charge in [0.15, 0.2) is 21.2 Å². The molecule has 1 aliphatic heterocycles. The number of rotatable bonds is 4. The molecule has 1 N–H and O–H groups in total. The van der Waals surface area contributed by atoms with E-state index in [0.29, 0.717) is 11.1 Å². The summed E-state index contributed by atoms with van der Waals surface area (Å²) in [5.74, 6) is -2.72. The summed E-state index contributed by atoms with van der Waals surface area (Å²) in [4.78, 5) is 24.2. The third kappa shape index (κ3) is 2.89. The summed E-state index contributed by atoms with van der Waals surface area (Å²) in [6.45, 7) is 3.81. The lowest BCUT2D eigenvalue weighted by atomic mass is 9.68. The van der Waals surface area contributed by atoms with Gasteiger partial charge in [-0.25, -0.2) is 9.29 Å². The number of phenols is 1. The molecule has 1 heterocycles. The highest BCUT2D eigenvalue weighted by Gasteiger charge is 2.73. The lowest BCUT2D eigenvalue weighted by molar-refractivity contribution is -0.122. The first-order chi connectivity index (χ1) is 14.7. The predicted octanol–water partition coefficient (Wildman–Crippen LogP) is 4.67. The minimum atomic E-state index is -1.90. The third-order valence-electron chi connectivity index (χ3n) is 5.84. The van der Waals surface area contributed by atoms with Crippen LogP contribution in [0.1, 0.15) is 17.9 Å². The minimum Gasteiger partial charge on any atom is -0.504 e. The lowest BCUT2D eigenvalue weighted by Gasteiger charge is -2.42. The number of hydrogen-bond acceptors (Lipinski definition) is 4. The van der Waals surface area contributed by atoms with Crippen LogP contribution in [0.3, 0.4) is 0 Å². The topological polar surface area (TPSA) is 66.8 Å². The Labute approximate surface area is 188 Å². The number of methoxy groups -OCH3 is 1. The second-order valence-electron chi connectivity index (χ2n) is 7.41. The van der Waals surface area contributed by atoms with Gasteiger partial charge in [0.25, 0.3) is 11.8 Å². The van der Waals surface area contributed by atoms with Crippen molar-refractivity contribution < 1.29 is 23.8 Å². The normalized spacial score (nSPS) is 27.7. The Bertz CT molecular complexity index is 1130. The van der Waals surface area contributed by atoms with Crippen LogP contribution in [0.5, 0.6) is 11.5 Å². The monoisotopic (exact) mass is 461 g/mol. The molecule has 8 heteroatoms. The van der Waals surface area contributed by atoms with Gasteiger partial charge in [0.2, 0.25) is 0 Å². The van der Waals surface area contributed by atoms with Crippen molar-refractivity contribution in [3.05, 3.63) is 78.1 Å². The summed E-state index contributed by atoms with van der Waals surface area (Å²) >= 11 is 13.8. The average molecular weight is 462 g/mol. The Hall–Kier alpha value is -2.83. The molecule has 4 rings (SSSR count). The van der Waals surface area contributed by atoms with Crippen molar-refractivity contribution >= 4 is 40.7 Å². The Morgan fingerprint density at radius 1 is 1.19 bits per heavy atom. The Morgan fingerprint density at radius 3 is 2.45 bits per heavy atom. The fourth-order valence-electron chi connectivity index (χ4n) is 4.29.